The molecule has 96 valence electrons. The summed E-state index contributed by atoms with van der Waals surface area (Å²) in [4.78, 5) is 0. The van der Waals surface area contributed by atoms with Crippen LogP contribution in [-0.4, -0.2) is 15.0 Å². The lowest BCUT2D eigenvalue weighted by Crippen LogP contribution is -2.30. The first-order valence-corrected chi connectivity index (χ1v) is 7.23. The van der Waals surface area contributed by atoms with Gasteiger partial charge in [-0.1, -0.05) is 21.1 Å². The Morgan fingerprint density at radius 2 is 2.33 bits per heavy atom. The Hall–Kier alpha value is -0.510. The van der Waals surface area contributed by atoms with Gasteiger partial charge in [0, 0.05) is 27.7 Å². The van der Waals surface area contributed by atoms with Crippen molar-refractivity contribution >= 4 is 38.5 Å². The van der Waals surface area contributed by atoms with Crippen molar-refractivity contribution in [1.29, 1.82) is 0 Å². The Morgan fingerprint density at radius 1 is 1.56 bits per heavy atom. The van der Waals surface area contributed by atoms with E-state index in [9.17, 15) is 0 Å². The summed E-state index contributed by atoms with van der Waals surface area (Å²) < 4.78 is 3.90. The van der Waals surface area contributed by atoms with Crippen molar-refractivity contribution in [2.24, 2.45) is 12.9 Å². The maximum absolute atomic E-state index is 5.65. The number of nitrogens with one attached hydrogen (secondary N) is 1. The maximum Gasteiger partial charge on any atom is 0.0846 e. The van der Waals surface area contributed by atoms with Gasteiger partial charge in [0.05, 0.1) is 11.7 Å². The maximum atomic E-state index is 5.65. The first kappa shape index (κ1) is 13.9. The Kier molecular flexibility index (Phi) is 4.71. The van der Waals surface area contributed by atoms with E-state index in [4.69, 9.17) is 5.84 Å². The van der Waals surface area contributed by atoms with Crippen LogP contribution in [0.25, 0.3) is 0 Å². The summed E-state index contributed by atoms with van der Waals surface area (Å²) in [5, 5.41) is 8.01. The molecule has 5 nitrogen and oxygen atoms in total. The molecule has 0 bridgehead atoms. The van der Waals surface area contributed by atoms with E-state index in [2.05, 4.69) is 66.4 Å². The minimum absolute atomic E-state index is 0.0195. The lowest BCUT2D eigenvalue weighted by molar-refractivity contribution is 0.543. The number of nitrogens with two attached hydrogens (primary N) is 1. The Bertz CT molecular complexity index is 542. The standard InChI is InChI=1S/C11H13BrIN5/c1-18-6-8(16-17-18)5-11(15-14)9-4-7(12)2-3-10(9)13/h2-4,6,11,15H,5,14H2,1H3. The van der Waals surface area contributed by atoms with Crippen molar-refractivity contribution in [2.75, 3.05) is 0 Å². The summed E-state index contributed by atoms with van der Waals surface area (Å²) in [7, 11) is 1.85. The van der Waals surface area contributed by atoms with Crippen LogP contribution in [-0.2, 0) is 13.5 Å². The second-order valence-electron chi connectivity index (χ2n) is 3.97. The van der Waals surface area contributed by atoms with Gasteiger partial charge in [0.25, 0.3) is 0 Å². The fourth-order valence-corrected chi connectivity index (χ4v) is 2.83. The zero-order chi connectivity index (χ0) is 13.1. The quantitative estimate of drug-likeness (QED) is 0.449. The average molecular weight is 422 g/mol. The van der Waals surface area contributed by atoms with Crippen LogP contribution in [0.4, 0.5) is 0 Å². The molecule has 0 fully saturated rings. The van der Waals surface area contributed by atoms with Crippen LogP contribution >= 0.6 is 38.5 Å². The first-order chi connectivity index (χ1) is 8.60. The summed E-state index contributed by atoms with van der Waals surface area (Å²) >= 11 is 5.79. The molecule has 0 spiro atoms. The highest BCUT2D eigenvalue weighted by atomic mass is 127. The monoisotopic (exact) mass is 421 g/mol. The van der Waals surface area contributed by atoms with Crippen molar-refractivity contribution in [1.82, 2.24) is 20.4 Å². The van der Waals surface area contributed by atoms with Gasteiger partial charge in [-0.3, -0.25) is 16.0 Å². The van der Waals surface area contributed by atoms with E-state index >= 15 is 0 Å². The zero-order valence-corrected chi connectivity index (χ0v) is 13.5. The molecule has 1 aromatic carbocycles. The summed E-state index contributed by atoms with van der Waals surface area (Å²) in [5.41, 5.74) is 4.91. The predicted molar refractivity (Wildman–Crippen MR) is 81.6 cm³/mol. The molecule has 3 N–H and O–H groups in total. The van der Waals surface area contributed by atoms with Gasteiger partial charge < -0.3 is 0 Å². The van der Waals surface area contributed by atoms with E-state index in [1.807, 2.05) is 19.3 Å². The van der Waals surface area contributed by atoms with E-state index in [-0.39, 0.29) is 6.04 Å². The van der Waals surface area contributed by atoms with Crippen LogP contribution in [0.1, 0.15) is 17.3 Å². The van der Waals surface area contributed by atoms with Crippen molar-refractivity contribution < 1.29 is 0 Å². The van der Waals surface area contributed by atoms with Crippen molar-refractivity contribution in [3.05, 3.63) is 43.7 Å². The Balaban J connectivity index is 2.25. The number of hydrazine groups is 1. The number of nitrogens with zero attached hydrogens (tertiary/aromatic N) is 3. The molecule has 0 amide bonds. The van der Waals surface area contributed by atoms with E-state index in [1.54, 1.807) is 4.68 Å². The molecule has 0 aliphatic heterocycles. The molecule has 18 heavy (non-hydrogen) atoms. The molecule has 0 aliphatic carbocycles. The van der Waals surface area contributed by atoms with Gasteiger partial charge in [-0.15, -0.1) is 5.10 Å². The second kappa shape index (κ2) is 6.09. The SMILES string of the molecule is Cn1cc(CC(NN)c2cc(Br)ccc2I)nn1. The highest BCUT2D eigenvalue weighted by Crippen LogP contribution is 2.25. The molecular weight excluding hydrogens is 409 g/mol. The van der Waals surface area contributed by atoms with Gasteiger partial charge in [-0.2, -0.15) is 0 Å². The highest BCUT2D eigenvalue weighted by Gasteiger charge is 2.15. The molecular formula is C11H13BrIN5. The molecule has 0 saturated heterocycles. The first-order valence-electron chi connectivity index (χ1n) is 5.36. The zero-order valence-electron chi connectivity index (χ0n) is 9.77. The summed E-state index contributed by atoms with van der Waals surface area (Å²) in [6, 6.07) is 6.16. The van der Waals surface area contributed by atoms with Gasteiger partial charge in [0.2, 0.25) is 0 Å². The number of rotatable bonds is 4. The highest BCUT2D eigenvalue weighted by molar-refractivity contribution is 14.1. The van der Waals surface area contributed by atoms with Crippen molar-refractivity contribution in [2.45, 2.75) is 12.5 Å². The Labute approximate surface area is 127 Å². The van der Waals surface area contributed by atoms with Gasteiger partial charge in [0.1, 0.15) is 0 Å². The summed E-state index contributed by atoms with van der Waals surface area (Å²) in [5.74, 6) is 5.65. The number of hydrogen-bond acceptors (Lipinski definition) is 4. The Morgan fingerprint density at radius 3 is 2.94 bits per heavy atom. The summed E-state index contributed by atoms with van der Waals surface area (Å²) in [6.07, 6.45) is 2.60. The predicted octanol–water partition coefficient (Wildman–Crippen LogP) is 1.93. The molecule has 1 aromatic heterocycles. The lowest BCUT2D eigenvalue weighted by atomic mass is 10.0. The normalized spacial score (nSPS) is 12.7. The topological polar surface area (TPSA) is 68.8 Å². The van der Waals surface area contributed by atoms with Crippen LogP contribution in [0.2, 0.25) is 0 Å². The number of aryl methyl sites for hydroxylation is 1. The van der Waals surface area contributed by atoms with Crippen molar-refractivity contribution in [3.8, 4) is 0 Å². The van der Waals surface area contributed by atoms with Crippen molar-refractivity contribution in [3.63, 3.8) is 0 Å². The molecule has 2 aromatic rings. The van der Waals surface area contributed by atoms with Crippen LogP contribution in [0, 0.1) is 3.57 Å². The fraction of sp³-hybridized carbons (Fsp3) is 0.273. The molecule has 1 atom stereocenters. The average Bonchev–Trinajstić information content (AvgIpc) is 2.75. The summed E-state index contributed by atoms with van der Waals surface area (Å²) in [6.45, 7) is 0. The van der Waals surface area contributed by atoms with Crippen LogP contribution in [0.3, 0.4) is 0 Å². The van der Waals surface area contributed by atoms with E-state index < -0.39 is 0 Å². The fourth-order valence-electron chi connectivity index (χ4n) is 1.74. The lowest BCUT2D eigenvalue weighted by Gasteiger charge is -2.17. The van der Waals surface area contributed by atoms with Gasteiger partial charge in [-0.05, 0) is 46.4 Å². The largest absolute Gasteiger partial charge is 0.271 e. The van der Waals surface area contributed by atoms with Gasteiger partial charge >= 0.3 is 0 Å². The van der Waals surface area contributed by atoms with E-state index in [1.165, 1.54) is 3.57 Å². The molecule has 0 saturated carbocycles. The number of benzene rings is 1. The number of aromatic nitrogens is 3. The van der Waals surface area contributed by atoms with Crippen LogP contribution in [0.5, 0.6) is 0 Å². The van der Waals surface area contributed by atoms with Gasteiger partial charge in [-0.25, -0.2) is 0 Å². The third kappa shape index (κ3) is 3.28. The van der Waals surface area contributed by atoms with Crippen LogP contribution < -0.4 is 11.3 Å². The number of halogens is 2. The number of hydrogen-bond donors (Lipinski definition) is 2. The molecule has 1 heterocycles. The molecule has 0 radical (unpaired) electrons. The molecule has 0 aliphatic rings. The van der Waals surface area contributed by atoms with E-state index in [0.29, 0.717) is 6.42 Å². The molecule has 7 heteroatoms. The third-order valence-electron chi connectivity index (χ3n) is 2.60. The van der Waals surface area contributed by atoms with Crippen LogP contribution in [0.15, 0.2) is 28.9 Å². The third-order valence-corrected chi connectivity index (χ3v) is 4.07. The molecule has 1 unspecified atom stereocenters. The minimum Gasteiger partial charge on any atom is -0.271 e. The molecule has 2 rings (SSSR count). The minimum atomic E-state index is 0.0195. The van der Waals surface area contributed by atoms with E-state index in [0.717, 1.165) is 15.7 Å². The second-order valence-corrected chi connectivity index (χ2v) is 6.05. The smallest absolute Gasteiger partial charge is 0.0846 e. The van der Waals surface area contributed by atoms with Gasteiger partial charge in [0.15, 0.2) is 0 Å².